The van der Waals surface area contributed by atoms with Gasteiger partial charge in [-0.2, -0.15) is 0 Å². The van der Waals surface area contributed by atoms with Gasteiger partial charge in [0.25, 0.3) is 0 Å². The molecule has 3 aliphatic carbocycles. The zero-order chi connectivity index (χ0) is 14.5. The molecule has 1 nitrogen and oxygen atoms in total. The van der Waals surface area contributed by atoms with Gasteiger partial charge in [0.1, 0.15) is 5.78 Å². The number of fused-ring (bicyclic) bond motifs is 3. The highest BCUT2D eigenvalue weighted by Gasteiger charge is 2.55. The van der Waals surface area contributed by atoms with Crippen LogP contribution in [0.5, 0.6) is 0 Å². The summed E-state index contributed by atoms with van der Waals surface area (Å²) >= 11 is 0. The molecule has 0 amide bonds. The number of rotatable bonds is 1. The summed E-state index contributed by atoms with van der Waals surface area (Å²) in [5, 5.41) is 0. The van der Waals surface area contributed by atoms with Crippen molar-refractivity contribution in [3.8, 4) is 0 Å². The zero-order valence-electron chi connectivity index (χ0n) is 13.9. The van der Waals surface area contributed by atoms with E-state index in [1.807, 2.05) is 6.92 Å². The van der Waals surface area contributed by atoms with Gasteiger partial charge in [-0.25, -0.2) is 0 Å². The quantitative estimate of drug-likeness (QED) is 0.640. The predicted octanol–water partition coefficient (Wildman–Crippen LogP) is 5.23. The van der Waals surface area contributed by atoms with Crippen molar-refractivity contribution in [2.24, 2.45) is 34.5 Å². The second-order valence-corrected chi connectivity index (χ2v) is 8.97. The topological polar surface area (TPSA) is 17.1 Å². The van der Waals surface area contributed by atoms with Gasteiger partial charge < -0.3 is 0 Å². The molecule has 3 rings (SSSR count). The molecule has 0 saturated heterocycles. The molecular formula is C19H32O. The Labute approximate surface area is 124 Å². The minimum atomic E-state index is 0.382. The van der Waals surface area contributed by atoms with Gasteiger partial charge in [0.15, 0.2) is 0 Å². The fraction of sp³-hybridized carbons (Fsp3) is 0.947. The van der Waals surface area contributed by atoms with Gasteiger partial charge in [0.05, 0.1) is 0 Å². The van der Waals surface area contributed by atoms with Crippen LogP contribution in [0.3, 0.4) is 0 Å². The van der Waals surface area contributed by atoms with Gasteiger partial charge in [-0.15, -0.1) is 0 Å². The third-order valence-electron chi connectivity index (χ3n) is 7.51. The fourth-order valence-electron chi connectivity index (χ4n) is 6.53. The van der Waals surface area contributed by atoms with Crippen LogP contribution >= 0.6 is 0 Å². The Bertz CT molecular complexity index is 397. The molecule has 0 N–H and O–H groups in total. The average molecular weight is 276 g/mol. The summed E-state index contributed by atoms with van der Waals surface area (Å²) in [6.07, 6.45) is 10.8. The molecular weight excluding hydrogens is 244 g/mol. The van der Waals surface area contributed by atoms with Crippen LogP contribution in [-0.4, -0.2) is 5.78 Å². The van der Waals surface area contributed by atoms with E-state index in [1.54, 1.807) is 0 Å². The van der Waals surface area contributed by atoms with Crippen LogP contribution in [0.15, 0.2) is 0 Å². The first-order valence-corrected chi connectivity index (χ1v) is 8.85. The van der Waals surface area contributed by atoms with E-state index in [-0.39, 0.29) is 0 Å². The van der Waals surface area contributed by atoms with Crippen LogP contribution in [0.2, 0.25) is 0 Å². The van der Waals surface area contributed by atoms with Gasteiger partial charge in [-0.05, 0) is 80.5 Å². The van der Waals surface area contributed by atoms with Crippen molar-refractivity contribution >= 4 is 5.78 Å². The molecule has 0 bridgehead atoms. The molecule has 0 aromatic carbocycles. The third-order valence-corrected chi connectivity index (χ3v) is 7.51. The van der Waals surface area contributed by atoms with Crippen LogP contribution in [0.1, 0.15) is 79.1 Å². The number of carbonyl (C=O) groups is 1. The number of carbonyl (C=O) groups excluding carboxylic acids is 1. The summed E-state index contributed by atoms with van der Waals surface area (Å²) in [7, 11) is 0. The Morgan fingerprint density at radius 3 is 2.45 bits per heavy atom. The number of ketones is 1. The van der Waals surface area contributed by atoms with Crippen molar-refractivity contribution in [3.63, 3.8) is 0 Å². The summed E-state index contributed by atoms with van der Waals surface area (Å²) in [5.74, 6) is 3.48. The summed E-state index contributed by atoms with van der Waals surface area (Å²) < 4.78 is 0. The summed E-state index contributed by atoms with van der Waals surface area (Å²) in [4.78, 5) is 11.7. The molecule has 0 spiro atoms. The van der Waals surface area contributed by atoms with Gasteiger partial charge in [0, 0.05) is 5.92 Å². The Balaban J connectivity index is 1.83. The molecule has 0 aliphatic heterocycles. The van der Waals surface area contributed by atoms with Crippen LogP contribution < -0.4 is 0 Å². The lowest BCUT2D eigenvalue weighted by atomic mass is 9.44. The Kier molecular flexibility index (Phi) is 3.54. The van der Waals surface area contributed by atoms with Crippen LogP contribution in [0.25, 0.3) is 0 Å². The monoisotopic (exact) mass is 276 g/mol. The number of hydrogen-bond acceptors (Lipinski definition) is 1. The molecule has 0 radical (unpaired) electrons. The lowest BCUT2D eigenvalue weighted by Gasteiger charge is -2.61. The van der Waals surface area contributed by atoms with Crippen LogP contribution in [0, 0.1) is 34.5 Å². The minimum Gasteiger partial charge on any atom is -0.300 e. The molecule has 0 aromatic heterocycles. The third kappa shape index (κ3) is 2.16. The van der Waals surface area contributed by atoms with Crippen LogP contribution in [0.4, 0.5) is 0 Å². The van der Waals surface area contributed by atoms with E-state index in [0.717, 1.165) is 17.8 Å². The second-order valence-electron chi connectivity index (χ2n) is 8.97. The van der Waals surface area contributed by atoms with Crippen molar-refractivity contribution in [3.05, 3.63) is 0 Å². The highest BCUT2D eigenvalue weighted by atomic mass is 16.1. The first-order valence-electron chi connectivity index (χ1n) is 8.85. The standard InChI is InChI=1S/C19H32O/c1-13(20)14-6-8-16-15(12-14)7-9-17-18(2,3)10-5-11-19(16,17)4/h14-17H,5-12H2,1-4H3/t14-,15-,16-,17?,19+/m0/s1. The smallest absolute Gasteiger partial charge is 0.132 e. The minimum absolute atomic E-state index is 0.382. The largest absolute Gasteiger partial charge is 0.300 e. The zero-order valence-corrected chi connectivity index (χ0v) is 13.9. The highest BCUT2D eigenvalue weighted by Crippen LogP contribution is 2.64. The molecule has 1 heteroatoms. The maximum Gasteiger partial charge on any atom is 0.132 e. The average Bonchev–Trinajstić information content (AvgIpc) is 2.37. The van der Waals surface area contributed by atoms with Crippen molar-refractivity contribution in [2.45, 2.75) is 79.1 Å². The van der Waals surface area contributed by atoms with Gasteiger partial charge in [-0.1, -0.05) is 27.2 Å². The van der Waals surface area contributed by atoms with Gasteiger partial charge >= 0.3 is 0 Å². The first-order chi connectivity index (χ1) is 9.34. The van der Waals surface area contributed by atoms with Crippen molar-refractivity contribution in [2.75, 3.05) is 0 Å². The van der Waals surface area contributed by atoms with Crippen molar-refractivity contribution in [1.82, 2.24) is 0 Å². The predicted molar refractivity (Wildman–Crippen MR) is 83.5 cm³/mol. The fourth-order valence-corrected chi connectivity index (χ4v) is 6.53. The molecule has 1 unspecified atom stereocenters. The Hall–Kier alpha value is -0.330. The van der Waals surface area contributed by atoms with E-state index in [4.69, 9.17) is 0 Å². The Morgan fingerprint density at radius 2 is 1.75 bits per heavy atom. The second kappa shape index (κ2) is 4.85. The molecule has 5 atom stereocenters. The van der Waals surface area contributed by atoms with E-state index in [0.29, 0.717) is 22.5 Å². The summed E-state index contributed by atoms with van der Waals surface area (Å²) in [6.45, 7) is 9.43. The summed E-state index contributed by atoms with van der Waals surface area (Å²) in [5.41, 5.74) is 1.10. The normalized spacial score (nSPS) is 47.2. The van der Waals surface area contributed by atoms with E-state index in [9.17, 15) is 4.79 Å². The molecule has 20 heavy (non-hydrogen) atoms. The SMILES string of the molecule is CC(=O)[C@H]1CC[C@H]2[C@@H](CCC3C(C)(C)CCC[C@@]32C)C1. The van der Waals surface area contributed by atoms with E-state index >= 15 is 0 Å². The van der Waals surface area contributed by atoms with E-state index in [2.05, 4.69) is 20.8 Å². The summed E-state index contributed by atoms with van der Waals surface area (Å²) in [6, 6.07) is 0. The lowest BCUT2D eigenvalue weighted by Crippen LogP contribution is -2.53. The number of hydrogen-bond donors (Lipinski definition) is 0. The van der Waals surface area contributed by atoms with E-state index in [1.165, 1.54) is 51.4 Å². The molecule has 114 valence electrons. The molecule has 3 aliphatic rings. The molecule has 0 heterocycles. The first kappa shape index (κ1) is 14.6. The number of Topliss-reactive ketones (excluding diaryl/α,β-unsaturated/α-hetero) is 1. The van der Waals surface area contributed by atoms with Crippen molar-refractivity contribution < 1.29 is 4.79 Å². The molecule has 0 aromatic rings. The van der Waals surface area contributed by atoms with Gasteiger partial charge in [0.2, 0.25) is 0 Å². The molecule has 3 saturated carbocycles. The maximum atomic E-state index is 11.7. The Morgan fingerprint density at radius 1 is 1.00 bits per heavy atom. The maximum absolute atomic E-state index is 11.7. The van der Waals surface area contributed by atoms with Crippen molar-refractivity contribution in [1.29, 1.82) is 0 Å². The molecule has 3 fully saturated rings. The van der Waals surface area contributed by atoms with Gasteiger partial charge in [-0.3, -0.25) is 4.79 Å². The highest BCUT2D eigenvalue weighted by molar-refractivity contribution is 5.78. The lowest BCUT2D eigenvalue weighted by molar-refractivity contribution is -0.132. The van der Waals surface area contributed by atoms with Crippen LogP contribution in [-0.2, 0) is 4.79 Å². The van der Waals surface area contributed by atoms with E-state index < -0.39 is 0 Å².